The van der Waals surface area contributed by atoms with Crippen molar-refractivity contribution in [2.75, 3.05) is 31.8 Å². The third-order valence-electron chi connectivity index (χ3n) is 6.24. The van der Waals surface area contributed by atoms with Crippen LogP contribution in [0.5, 0.6) is 11.5 Å². The van der Waals surface area contributed by atoms with Crippen LogP contribution in [0.25, 0.3) is 10.9 Å². The average Bonchev–Trinajstić information content (AvgIpc) is 2.82. The van der Waals surface area contributed by atoms with Crippen molar-refractivity contribution in [3.05, 3.63) is 70.1 Å². The zero-order valence-electron chi connectivity index (χ0n) is 20.2. The van der Waals surface area contributed by atoms with E-state index in [-0.39, 0.29) is 11.7 Å². The van der Waals surface area contributed by atoms with Crippen LogP contribution < -0.4 is 25.7 Å². The Morgan fingerprint density at radius 2 is 1.89 bits per heavy atom. The topological polar surface area (TPSA) is 104 Å². The zero-order valence-corrected chi connectivity index (χ0v) is 21.0. The van der Waals surface area contributed by atoms with E-state index in [1.165, 1.54) is 0 Å². The molecule has 186 valence electrons. The smallest absolute Gasteiger partial charge is 0.272 e. The number of aromatic nitrogens is 3. The molecule has 36 heavy (non-hydrogen) atoms. The number of fused-ring (bicyclic) bond motifs is 1. The predicted molar refractivity (Wildman–Crippen MR) is 142 cm³/mol. The number of benzene rings is 2. The molecule has 0 saturated heterocycles. The van der Waals surface area contributed by atoms with E-state index in [4.69, 9.17) is 21.1 Å². The maximum Gasteiger partial charge on any atom is 0.272 e. The standard InChI is InChI=1S/C26H27ClN6O3/c1-33(2)18-13-19(14-18)36-22-7-6-17(12-23(22)35-3)29-26-28-9-8-24(32-26)30-21-10-15-4-5-16(27)11-20(15)31-25(21)34/h4-12,18-19H,13-14H2,1-3H3,(H,31,34)(H2,28,29,30,32). The number of anilines is 4. The van der Waals surface area contributed by atoms with Crippen molar-refractivity contribution >= 4 is 45.6 Å². The quantitative estimate of drug-likeness (QED) is 0.309. The molecule has 0 unspecified atom stereocenters. The second-order valence-electron chi connectivity index (χ2n) is 8.95. The van der Waals surface area contributed by atoms with Gasteiger partial charge in [0.2, 0.25) is 5.95 Å². The first-order chi connectivity index (χ1) is 17.4. The number of pyridine rings is 1. The number of hydrogen-bond acceptors (Lipinski definition) is 8. The number of halogens is 1. The molecule has 2 aromatic carbocycles. The molecule has 10 heteroatoms. The Kier molecular flexibility index (Phi) is 6.67. The number of aromatic amines is 1. The van der Waals surface area contributed by atoms with Gasteiger partial charge in [0.1, 0.15) is 17.6 Å². The summed E-state index contributed by atoms with van der Waals surface area (Å²) in [5.74, 6) is 2.18. The van der Waals surface area contributed by atoms with Gasteiger partial charge >= 0.3 is 0 Å². The van der Waals surface area contributed by atoms with E-state index < -0.39 is 0 Å². The molecular formula is C26H27ClN6O3. The highest BCUT2D eigenvalue weighted by atomic mass is 35.5. The van der Waals surface area contributed by atoms with Gasteiger partial charge in [-0.05, 0) is 63.3 Å². The summed E-state index contributed by atoms with van der Waals surface area (Å²) in [6.45, 7) is 0. The summed E-state index contributed by atoms with van der Waals surface area (Å²) in [6.07, 6.45) is 3.79. The minimum absolute atomic E-state index is 0.187. The first kappa shape index (κ1) is 23.9. The monoisotopic (exact) mass is 506 g/mol. The number of hydrogen-bond donors (Lipinski definition) is 3. The van der Waals surface area contributed by atoms with E-state index in [0.717, 1.165) is 23.9 Å². The summed E-state index contributed by atoms with van der Waals surface area (Å²) >= 11 is 6.02. The zero-order chi connectivity index (χ0) is 25.2. The third kappa shape index (κ3) is 5.22. The van der Waals surface area contributed by atoms with Gasteiger partial charge < -0.3 is 30.0 Å². The summed E-state index contributed by atoms with van der Waals surface area (Å²) in [5, 5.41) is 7.65. The van der Waals surface area contributed by atoms with Crippen molar-refractivity contribution in [1.29, 1.82) is 0 Å². The fourth-order valence-electron chi connectivity index (χ4n) is 4.10. The van der Waals surface area contributed by atoms with Gasteiger partial charge in [0.25, 0.3) is 5.56 Å². The van der Waals surface area contributed by atoms with Gasteiger partial charge in [-0.1, -0.05) is 17.7 Å². The highest BCUT2D eigenvalue weighted by Crippen LogP contribution is 2.36. The molecule has 2 heterocycles. The molecule has 0 spiro atoms. The average molecular weight is 507 g/mol. The molecule has 0 bridgehead atoms. The fourth-order valence-corrected chi connectivity index (χ4v) is 4.27. The van der Waals surface area contributed by atoms with Crippen molar-refractivity contribution in [2.24, 2.45) is 0 Å². The van der Waals surface area contributed by atoms with Crippen LogP contribution in [0, 0.1) is 0 Å². The Morgan fingerprint density at radius 3 is 2.67 bits per heavy atom. The maximum atomic E-state index is 12.5. The largest absolute Gasteiger partial charge is 0.493 e. The minimum atomic E-state index is -0.276. The van der Waals surface area contributed by atoms with Crippen LogP contribution in [0.2, 0.25) is 5.02 Å². The third-order valence-corrected chi connectivity index (χ3v) is 6.48. The van der Waals surface area contributed by atoms with Gasteiger partial charge in [0.05, 0.1) is 7.11 Å². The van der Waals surface area contributed by atoms with Gasteiger partial charge in [-0.3, -0.25) is 4.79 Å². The second kappa shape index (κ2) is 10.0. The molecule has 3 N–H and O–H groups in total. The van der Waals surface area contributed by atoms with Crippen LogP contribution >= 0.6 is 11.6 Å². The highest BCUT2D eigenvalue weighted by Gasteiger charge is 2.32. The SMILES string of the molecule is COc1cc(Nc2nccc(Nc3cc4ccc(Cl)cc4[nH]c3=O)n2)ccc1OC1CC(N(C)C)C1. The molecule has 0 aliphatic heterocycles. The van der Waals surface area contributed by atoms with E-state index in [2.05, 4.69) is 44.6 Å². The lowest BCUT2D eigenvalue weighted by Gasteiger charge is -2.39. The Balaban J connectivity index is 1.29. The van der Waals surface area contributed by atoms with E-state index in [1.54, 1.807) is 37.6 Å². The van der Waals surface area contributed by atoms with Crippen LogP contribution in [0.15, 0.2) is 59.5 Å². The first-order valence-electron chi connectivity index (χ1n) is 11.6. The molecule has 1 aliphatic rings. The van der Waals surface area contributed by atoms with Crippen LogP contribution in [-0.2, 0) is 0 Å². The molecule has 0 radical (unpaired) electrons. The van der Waals surface area contributed by atoms with Crippen LogP contribution in [0.1, 0.15) is 12.8 Å². The molecule has 0 amide bonds. The summed E-state index contributed by atoms with van der Waals surface area (Å²) < 4.78 is 11.7. The summed E-state index contributed by atoms with van der Waals surface area (Å²) in [7, 11) is 5.79. The number of nitrogens with one attached hydrogen (secondary N) is 3. The van der Waals surface area contributed by atoms with Gasteiger partial charge in [-0.2, -0.15) is 4.98 Å². The van der Waals surface area contributed by atoms with Crippen molar-refractivity contribution in [3.63, 3.8) is 0 Å². The Hall–Kier alpha value is -3.82. The van der Waals surface area contributed by atoms with Crippen molar-refractivity contribution in [2.45, 2.75) is 25.0 Å². The molecule has 0 atom stereocenters. The number of H-pyrrole nitrogens is 1. The number of methoxy groups -OCH3 is 1. The molecule has 1 aliphatic carbocycles. The summed E-state index contributed by atoms with van der Waals surface area (Å²) in [5.41, 5.74) is 1.50. The van der Waals surface area contributed by atoms with E-state index in [0.29, 0.717) is 45.5 Å². The molecule has 2 aromatic heterocycles. The minimum Gasteiger partial charge on any atom is -0.493 e. The number of rotatable bonds is 8. The molecular weight excluding hydrogens is 480 g/mol. The molecule has 1 saturated carbocycles. The Morgan fingerprint density at radius 1 is 1.06 bits per heavy atom. The van der Waals surface area contributed by atoms with Gasteiger partial charge in [-0.25, -0.2) is 4.98 Å². The second-order valence-corrected chi connectivity index (χ2v) is 9.39. The maximum absolute atomic E-state index is 12.5. The Bertz CT molecular complexity index is 1450. The van der Waals surface area contributed by atoms with Crippen LogP contribution in [-0.4, -0.2) is 53.2 Å². The van der Waals surface area contributed by atoms with E-state index in [1.807, 2.05) is 24.3 Å². The van der Waals surface area contributed by atoms with Gasteiger partial charge in [-0.15, -0.1) is 0 Å². The van der Waals surface area contributed by atoms with E-state index >= 15 is 0 Å². The molecule has 9 nitrogen and oxygen atoms in total. The summed E-state index contributed by atoms with van der Waals surface area (Å²) in [4.78, 5) is 26.4. The molecule has 1 fully saturated rings. The fraction of sp³-hybridized carbons (Fsp3) is 0.269. The molecule has 5 rings (SSSR count). The lowest BCUT2D eigenvalue weighted by atomic mass is 9.88. The number of ether oxygens (including phenoxy) is 2. The van der Waals surface area contributed by atoms with Gasteiger partial charge in [0.15, 0.2) is 11.5 Å². The van der Waals surface area contributed by atoms with Gasteiger partial charge in [0, 0.05) is 39.9 Å². The van der Waals surface area contributed by atoms with Crippen molar-refractivity contribution in [3.8, 4) is 11.5 Å². The Labute approximate surface area is 213 Å². The van der Waals surface area contributed by atoms with E-state index in [9.17, 15) is 4.79 Å². The van der Waals surface area contributed by atoms with Crippen LogP contribution in [0.3, 0.4) is 0 Å². The van der Waals surface area contributed by atoms with Crippen molar-refractivity contribution in [1.82, 2.24) is 19.9 Å². The predicted octanol–water partition coefficient (Wildman–Crippen LogP) is 4.94. The first-order valence-corrected chi connectivity index (χ1v) is 12.0. The normalized spacial score (nSPS) is 17.0. The number of nitrogens with zero attached hydrogens (tertiary/aromatic N) is 3. The van der Waals surface area contributed by atoms with Crippen molar-refractivity contribution < 1.29 is 9.47 Å². The summed E-state index contributed by atoms with van der Waals surface area (Å²) in [6, 6.07) is 15.0. The lowest BCUT2D eigenvalue weighted by molar-refractivity contribution is 0.0383. The molecule has 4 aromatic rings. The van der Waals surface area contributed by atoms with Crippen LogP contribution in [0.4, 0.5) is 23.1 Å². The lowest BCUT2D eigenvalue weighted by Crippen LogP contribution is -2.46. The highest BCUT2D eigenvalue weighted by molar-refractivity contribution is 6.31.